The topological polar surface area (TPSA) is 90.4 Å². The van der Waals surface area contributed by atoms with Gasteiger partial charge >= 0.3 is 11.7 Å². The zero-order chi connectivity index (χ0) is 16.5. The van der Waals surface area contributed by atoms with Crippen LogP contribution >= 0.6 is 0 Å². The van der Waals surface area contributed by atoms with Crippen LogP contribution in [0.3, 0.4) is 0 Å². The van der Waals surface area contributed by atoms with Crippen LogP contribution in [-0.4, -0.2) is 28.2 Å². The maximum Gasteiger partial charge on any atom is 0.330 e. The molecule has 0 saturated heterocycles. The van der Waals surface area contributed by atoms with Crippen LogP contribution in [0.5, 0.6) is 0 Å². The van der Waals surface area contributed by atoms with E-state index in [1.165, 1.54) is 10.8 Å². The molecule has 0 aliphatic carbocycles. The highest BCUT2D eigenvalue weighted by molar-refractivity contribution is 5.75. The van der Waals surface area contributed by atoms with Crippen LogP contribution in [0.4, 0.5) is 0 Å². The van der Waals surface area contributed by atoms with Crippen molar-refractivity contribution in [3.8, 4) is 0 Å². The van der Waals surface area contributed by atoms with Crippen molar-refractivity contribution in [2.24, 2.45) is 5.41 Å². The van der Waals surface area contributed by atoms with Gasteiger partial charge in [-0.3, -0.25) is 19.1 Å². The van der Waals surface area contributed by atoms with Gasteiger partial charge in [-0.1, -0.05) is 6.08 Å². The van der Waals surface area contributed by atoms with E-state index in [4.69, 9.17) is 9.47 Å². The Kier molecular flexibility index (Phi) is 4.37. The number of nitrogens with zero attached hydrogens (tertiary/aromatic N) is 1. The molecule has 0 aromatic carbocycles. The molecule has 7 heteroatoms. The third-order valence-corrected chi connectivity index (χ3v) is 3.22. The molecule has 2 atom stereocenters. The molecule has 2 rings (SSSR count). The fraction of sp³-hybridized carbons (Fsp3) is 0.533. The Morgan fingerprint density at radius 1 is 1.36 bits per heavy atom. The highest BCUT2D eigenvalue weighted by Crippen LogP contribution is 2.21. The average Bonchev–Trinajstić information content (AvgIpc) is 2.87. The summed E-state index contributed by atoms with van der Waals surface area (Å²) in [6.45, 7) is 7.00. The van der Waals surface area contributed by atoms with Gasteiger partial charge in [-0.2, -0.15) is 0 Å². The number of aryl methyl sites for hydroxylation is 1. The second-order valence-electron chi connectivity index (χ2n) is 6.28. The lowest BCUT2D eigenvalue weighted by Crippen LogP contribution is -2.34. The molecule has 22 heavy (non-hydrogen) atoms. The molecule has 1 aliphatic heterocycles. The first-order chi connectivity index (χ1) is 10.2. The minimum atomic E-state index is -0.624. The summed E-state index contributed by atoms with van der Waals surface area (Å²) in [5.74, 6) is -0.315. The number of H-pyrrole nitrogens is 1. The molecule has 1 aromatic heterocycles. The van der Waals surface area contributed by atoms with E-state index in [2.05, 4.69) is 4.98 Å². The lowest BCUT2D eigenvalue weighted by molar-refractivity contribution is -0.156. The predicted molar refractivity (Wildman–Crippen MR) is 79.5 cm³/mol. The molecule has 0 fully saturated rings. The quantitative estimate of drug-likeness (QED) is 0.661. The summed E-state index contributed by atoms with van der Waals surface area (Å²) in [5, 5.41) is 0. The van der Waals surface area contributed by atoms with Crippen LogP contribution in [0.25, 0.3) is 0 Å². The summed E-state index contributed by atoms with van der Waals surface area (Å²) in [6, 6.07) is 0. The Balaban J connectivity index is 2.01. The summed E-state index contributed by atoms with van der Waals surface area (Å²) in [4.78, 5) is 37.1. The maximum absolute atomic E-state index is 11.8. The Bertz CT molecular complexity index is 708. The lowest BCUT2D eigenvalue weighted by Gasteiger charge is -2.19. The van der Waals surface area contributed by atoms with E-state index < -0.39 is 29.0 Å². The van der Waals surface area contributed by atoms with Crippen molar-refractivity contribution in [2.75, 3.05) is 6.61 Å². The van der Waals surface area contributed by atoms with Crippen molar-refractivity contribution < 1.29 is 14.3 Å². The third kappa shape index (κ3) is 3.54. The zero-order valence-corrected chi connectivity index (χ0v) is 13.1. The Hall–Kier alpha value is -2.15. The number of hydrogen-bond donors (Lipinski definition) is 1. The van der Waals surface area contributed by atoms with E-state index in [0.29, 0.717) is 5.56 Å². The van der Waals surface area contributed by atoms with Crippen molar-refractivity contribution in [3.63, 3.8) is 0 Å². The summed E-state index contributed by atoms with van der Waals surface area (Å²) in [6.07, 6.45) is 3.82. The number of rotatable bonds is 3. The van der Waals surface area contributed by atoms with Gasteiger partial charge in [0.1, 0.15) is 12.7 Å². The van der Waals surface area contributed by atoms with Crippen LogP contribution < -0.4 is 11.2 Å². The normalized spacial score (nSPS) is 21.1. The van der Waals surface area contributed by atoms with E-state index in [-0.39, 0.29) is 12.6 Å². The van der Waals surface area contributed by atoms with Gasteiger partial charge in [0.15, 0.2) is 6.23 Å². The van der Waals surface area contributed by atoms with Gasteiger partial charge < -0.3 is 9.47 Å². The number of esters is 1. The number of aromatic amines is 1. The van der Waals surface area contributed by atoms with Gasteiger partial charge in [0.2, 0.25) is 0 Å². The van der Waals surface area contributed by atoms with Crippen molar-refractivity contribution in [2.45, 2.75) is 40.0 Å². The van der Waals surface area contributed by atoms with Crippen molar-refractivity contribution >= 4 is 5.97 Å². The number of carbonyl (C=O) groups is 1. The number of carbonyl (C=O) groups excluding carboxylic acids is 1. The highest BCUT2D eigenvalue weighted by Gasteiger charge is 2.27. The van der Waals surface area contributed by atoms with Gasteiger partial charge in [-0.25, -0.2) is 4.79 Å². The fourth-order valence-corrected chi connectivity index (χ4v) is 1.89. The molecule has 1 N–H and O–H groups in total. The second kappa shape index (κ2) is 5.92. The number of ether oxygens (including phenoxy) is 2. The minimum absolute atomic E-state index is 0.0835. The third-order valence-electron chi connectivity index (χ3n) is 3.22. The summed E-state index contributed by atoms with van der Waals surface area (Å²) in [7, 11) is 0. The molecule has 0 radical (unpaired) electrons. The minimum Gasteiger partial charge on any atom is -0.462 e. The molecule has 0 bridgehead atoms. The van der Waals surface area contributed by atoms with Gasteiger partial charge in [-0.15, -0.1) is 0 Å². The van der Waals surface area contributed by atoms with Crippen molar-refractivity contribution in [1.82, 2.24) is 9.55 Å². The predicted octanol–water partition coefficient (Wildman–Crippen LogP) is 0.888. The molecule has 0 amide bonds. The second-order valence-corrected chi connectivity index (χ2v) is 6.28. The largest absolute Gasteiger partial charge is 0.462 e. The van der Waals surface area contributed by atoms with Crippen molar-refractivity contribution in [3.05, 3.63) is 44.8 Å². The van der Waals surface area contributed by atoms with Gasteiger partial charge in [0.05, 0.1) is 5.41 Å². The van der Waals surface area contributed by atoms with E-state index in [0.717, 1.165) is 0 Å². The Morgan fingerprint density at radius 3 is 2.68 bits per heavy atom. The van der Waals surface area contributed by atoms with Crippen LogP contribution in [0.1, 0.15) is 32.6 Å². The molecule has 7 nitrogen and oxygen atoms in total. The summed E-state index contributed by atoms with van der Waals surface area (Å²) in [5.41, 5.74) is -1.12. The van der Waals surface area contributed by atoms with Gasteiger partial charge in [-0.05, 0) is 33.8 Å². The van der Waals surface area contributed by atoms with Gasteiger partial charge in [0, 0.05) is 11.8 Å². The molecule has 0 saturated carbocycles. The van der Waals surface area contributed by atoms with E-state index in [1.807, 2.05) is 0 Å². The van der Waals surface area contributed by atoms with Crippen LogP contribution in [0.15, 0.2) is 27.9 Å². The summed E-state index contributed by atoms with van der Waals surface area (Å²) >= 11 is 0. The van der Waals surface area contributed by atoms with Crippen molar-refractivity contribution in [1.29, 1.82) is 0 Å². The fourth-order valence-electron chi connectivity index (χ4n) is 1.89. The molecule has 0 unspecified atom stereocenters. The number of aromatic nitrogens is 2. The molecule has 0 spiro atoms. The Morgan fingerprint density at radius 2 is 2.05 bits per heavy atom. The van der Waals surface area contributed by atoms with Crippen LogP contribution in [0, 0.1) is 12.3 Å². The average molecular weight is 308 g/mol. The number of hydrogen-bond acceptors (Lipinski definition) is 5. The summed E-state index contributed by atoms with van der Waals surface area (Å²) < 4.78 is 12.1. The molecule has 2 heterocycles. The Labute approximate surface area is 127 Å². The standard InChI is InChI=1S/C15H20N2O5/c1-9-7-17(14(20)16-12(9)18)11-6-5-10(22-11)8-21-13(19)15(2,3)4/h5-7,10-11H,8H2,1-4H3,(H,16,18,20)/t10-,11+/m0/s1. The smallest absolute Gasteiger partial charge is 0.330 e. The highest BCUT2D eigenvalue weighted by atomic mass is 16.6. The lowest BCUT2D eigenvalue weighted by atomic mass is 9.97. The molecule has 120 valence electrons. The first kappa shape index (κ1) is 16.2. The zero-order valence-electron chi connectivity index (χ0n) is 13.1. The monoisotopic (exact) mass is 308 g/mol. The molecule has 1 aliphatic rings. The van der Waals surface area contributed by atoms with Gasteiger partial charge in [0.25, 0.3) is 5.56 Å². The first-order valence-corrected chi connectivity index (χ1v) is 7.01. The van der Waals surface area contributed by atoms with E-state index in [1.54, 1.807) is 39.8 Å². The molecular formula is C15H20N2O5. The van der Waals surface area contributed by atoms with Crippen LogP contribution in [0.2, 0.25) is 0 Å². The maximum atomic E-state index is 11.8. The number of nitrogens with one attached hydrogen (secondary N) is 1. The van der Waals surface area contributed by atoms with E-state index >= 15 is 0 Å². The molecule has 1 aromatic rings. The SMILES string of the molecule is Cc1cn([C@H]2C=C[C@@H](COC(=O)C(C)(C)C)O2)c(=O)[nH]c1=O. The van der Waals surface area contributed by atoms with Crippen LogP contribution in [-0.2, 0) is 14.3 Å². The first-order valence-electron chi connectivity index (χ1n) is 7.01. The molecular weight excluding hydrogens is 288 g/mol. The van der Waals surface area contributed by atoms with E-state index in [9.17, 15) is 14.4 Å².